The molecule has 0 spiro atoms. The molecule has 0 bridgehead atoms. The fourth-order valence-corrected chi connectivity index (χ4v) is 3.98. The lowest BCUT2D eigenvalue weighted by Crippen LogP contribution is -2.48. The first-order valence-electron chi connectivity index (χ1n) is 10.0. The standard InChI is InChI=1S/C19H38N4O.3ClH/c1-4-22-8-10-23(11-9-22)15-16(2)13-21-19(24)12-17(3)18-6-5-7-20-14-18;;;/h16-18,20H,4-15H2,1-3H3,(H,21,24);3*1H. The molecule has 3 atom stereocenters. The number of likely N-dealkylation sites (N-methyl/N-ethyl adjacent to an activating group) is 1. The quantitative estimate of drug-likeness (QED) is 0.600. The Bertz CT molecular complexity index is 376. The van der Waals surface area contributed by atoms with Crippen LogP contribution in [0.5, 0.6) is 0 Å². The minimum atomic E-state index is 0. The third-order valence-corrected chi connectivity index (χ3v) is 5.78. The van der Waals surface area contributed by atoms with Crippen molar-refractivity contribution in [2.45, 2.75) is 40.0 Å². The molecule has 0 radical (unpaired) electrons. The van der Waals surface area contributed by atoms with E-state index < -0.39 is 0 Å². The van der Waals surface area contributed by atoms with Crippen molar-refractivity contribution in [1.29, 1.82) is 0 Å². The molecule has 2 N–H and O–H groups in total. The van der Waals surface area contributed by atoms with E-state index in [1.165, 1.54) is 25.9 Å². The summed E-state index contributed by atoms with van der Waals surface area (Å²) in [5.41, 5.74) is 0. The van der Waals surface area contributed by atoms with Crippen LogP contribution in [0.25, 0.3) is 0 Å². The van der Waals surface area contributed by atoms with Gasteiger partial charge in [-0.3, -0.25) is 4.79 Å². The maximum Gasteiger partial charge on any atom is 0.220 e. The third kappa shape index (κ3) is 11.1. The summed E-state index contributed by atoms with van der Waals surface area (Å²) in [7, 11) is 0. The molecule has 164 valence electrons. The largest absolute Gasteiger partial charge is 0.356 e. The number of carbonyl (C=O) groups excluding carboxylic acids is 1. The Labute approximate surface area is 185 Å². The molecule has 2 aliphatic heterocycles. The van der Waals surface area contributed by atoms with Crippen LogP contribution in [0.15, 0.2) is 0 Å². The van der Waals surface area contributed by atoms with Crippen molar-refractivity contribution in [1.82, 2.24) is 20.4 Å². The molecule has 0 saturated carbocycles. The second kappa shape index (κ2) is 16.1. The Kier molecular flexibility index (Phi) is 17.5. The molecule has 3 unspecified atom stereocenters. The smallest absolute Gasteiger partial charge is 0.220 e. The Morgan fingerprint density at radius 1 is 1.11 bits per heavy atom. The number of amides is 1. The second-order valence-electron chi connectivity index (χ2n) is 7.93. The fraction of sp³-hybridized carbons (Fsp3) is 0.947. The molecule has 0 aromatic heterocycles. The zero-order chi connectivity index (χ0) is 17.4. The summed E-state index contributed by atoms with van der Waals surface area (Å²) in [6.45, 7) is 16.7. The second-order valence-corrected chi connectivity index (χ2v) is 7.93. The summed E-state index contributed by atoms with van der Waals surface area (Å²) in [6.07, 6.45) is 3.19. The van der Waals surface area contributed by atoms with E-state index in [1.54, 1.807) is 0 Å². The van der Waals surface area contributed by atoms with Crippen molar-refractivity contribution < 1.29 is 4.79 Å². The lowest BCUT2D eigenvalue weighted by molar-refractivity contribution is -0.122. The summed E-state index contributed by atoms with van der Waals surface area (Å²) in [6, 6.07) is 0. The van der Waals surface area contributed by atoms with Gasteiger partial charge < -0.3 is 20.4 Å². The molecule has 2 fully saturated rings. The van der Waals surface area contributed by atoms with Crippen LogP contribution in [0.2, 0.25) is 0 Å². The van der Waals surface area contributed by atoms with Crippen LogP contribution < -0.4 is 10.6 Å². The van der Waals surface area contributed by atoms with E-state index >= 15 is 0 Å². The van der Waals surface area contributed by atoms with E-state index in [2.05, 4.69) is 41.2 Å². The number of nitrogens with zero attached hydrogens (tertiary/aromatic N) is 2. The van der Waals surface area contributed by atoms with Crippen LogP contribution in [0.3, 0.4) is 0 Å². The first-order valence-corrected chi connectivity index (χ1v) is 10.0. The normalized spacial score (nSPS) is 23.1. The summed E-state index contributed by atoms with van der Waals surface area (Å²) >= 11 is 0. The summed E-state index contributed by atoms with van der Waals surface area (Å²) in [4.78, 5) is 17.3. The van der Waals surface area contributed by atoms with Gasteiger partial charge in [0.2, 0.25) is 5.91 Å². The molecule has 2 aliphatic rings. The first kappa shape index (κ1) is 29.4. The van der Waals surface area contributed by atoms with Crippen molar-refractivity contribution in [3.8, 4) is 0 Å². The third-order valence-electron chi connectivity index (χ3n) is 5.78. The summed E-state index contributed by atoms with van der Waals surface area (Å²) in [5, 5.41) is 6.62. The summed E-state index contributed by atoms with van der Waals surface area (Å²) < 4.78 is 0. The van der Waals surface area contributed by atoms with Gasteiger partial charge in [0.15, 0.2) is 0 Å². The molecule has 0 aliphatic carbocycles. The molecule has 1 amide bonds. The minimum Gasteiger partial charge on any atom is -0.356 e. The number of rotatable bonds is 8. The highest BCUT2D eigenvalue weighted by Crippen LogP contribution is 2.22. The van der Waals surface area contributed by atoms with Crippen molar-refractivity contribution in [3.63, 3.8) is 0 Å². The Balaban J connectivity index is 0. The molecule has 8 heteroatoms. The number of nitrogens with one attached hydrogen (secondary N) is 2. The Morgan fingerprint density at radius 2 is 1.74 bits per heavy atom. The highest BCUT2D eigenvalue weighted by molar-refractivity contribution is 5.86. The zero-order valence-corrected chi connectivity index (χ0v) is 19.7. The number of hydrogen-bond acceptors (Lipinski definition) is 4. The fourth-order valence-electron chi connectivity index (χ4n) is 3.98. The van der Waals surface area contributed by atoms with Crippen molar-refractivity contribution in [2.75, 3.05) is 58.9 Å². The van der Waals surface area contributed by atoms with E-state index in [0.717, 1.165) is 45.8 Å². The van der Waals surface area contributed by atoms with Gasteiger partial charge in [-0.25, -0.2) is 0 Å². The molecule has 2 saturated heterocycles. The highest BCUT2D eigenvalue weighted by atomic mass is 35.5. The lowest BCUT2D eigenvalue weighted by Gasteiger charge is -2.35. The average Bonchev–Trinajstić information content (AvgIpc) is 2.61. The number of piperidine rings is 1. The number of halogens is 3. The van der Waals surface area contributed by atoms with E-state index in [-0.39, 0.29) is 43.1 Å². The van der Waals surface area contributed by atoms with Gasteiger partial charge >= 0.3 is 0 Å². The van der Waals surface area contributed by atoms with E-state index in [4.69, 9.17) is 0 Å². The predicted molar refractivity (Wildman–Crippen MR) is 122 cm³/mol. The van der Waals surface area contributed by atoms with Crippen LogP contribution in [0, 0.1) is 17.8 Å². The van der Waals surface area contributed by atoms with Gasteiger partial charge in [-0.15, -0.1) is 37.2 Å². The van der Waals surface area contributed by atoms with Gasteiger partial charge in [-0.1, -0.05) is 20.8 Å². The first-order chi connectivity index (χ1) is 11.6. The van der Waals surface area contributed by atoms with Crippen LogP contribution in [0.4, 0.5) is 0 Å². The van der Waals surface area contributed by atoms with E-state index in [1.807, 2.05) is 0 Å². The maximum atomic E-state index is 12.2. The van der Waals surface area contributed by atoms with Crippen LogP contribution in [0.1, 0.15) is 40.0 Å². The number of hydrogen-bond donors (Lipinski definition) is 2. The lowest BCUT2D eigenvalue weighted by atomic mass is 9.85. The van der Waals surface area contributed by atoms with Gasteiger partial charge in [0, 0.05) is 45.7 Å². The predicted octanol–water partition coefficient (Wildman–Crippen LogP) is 2.67. The van der Waals surface area contributed by atoms with Crippen LogP contribution in [-0.4, -0.2) is 74.6 Å². The van der Waals surface area contributed by atoms with E-state index in [0.29, 0.717) is 24.2 Å². The molecule has 5 nitrogen and oxygen atoms in total. The van der Waals surface area contributed by atoms with Gasteiger partial charge in [-0.2, -0.15) is 0 Å². The SMILES string of the molecule is CCN1CCN(CC(C)CNC(=O)CC(C)C2CCCNC2)CC1.Cl.Cl.Cl. The molecule has 27 heavy (non-hydrogen) atoms. The topological polar surface area (TPSA) is 47.6 Å². The van der Waals surface area contributed by atoms with Gasteiger partial charge in [0.25, 0.3) is 0 Å². The molecule has 2 heterocycles. The number of carbonyl (C=O) groups is 1. The molecule has 2 rings (SSSR count). The maximum absolute atomic E-state index is 12.2. The van der Waals surface area contributed by atoms with Crippen molar-refractivity contribution in [3.05, 3.63) is 0 Å². The molecular formula is C19H41Cl3N4O. The summed E-state index contributed by atoms with van der Waals surface area (Å²) in [5.74, 6) is 1.90. The van der Waals surface area contributed by atoms with Gasteiger partial charge in [0.1, 0.15) is 0 Å². The van der Waals surface area contributed by atoms with Crippen LogP contribution >= 0.6 is 37.2 Å². The monoisotopic (exact) mass is 446 g/mol. The Hall–Kier alpha value is 0.220. The zero-order valence-electron chi connectivity index (χ0n) is 17.2. The van der Waals surface area contributed by atoms with Gasteiger partial charge in [-0.05, 0) is 50.2 Å². The average molecular weight is 448 g/mol. The molecular weight excluding hydrogens is 407 g/mol. The number of piperazine rings is 1. The van der Waals surface area contributed by atoms with E-state index in [9.17, 15) is 4.79 Å². The highest BCUT2D eigenvalue weighted by Gasteiger charge is 2.22. The van der Waals surface area contributed by atoms with Crippen LogP contribution in [-0.2, 0) is 4.79 Å². The van der Waals surface area contributed by atoms with Gasteiger partial charge in [0.05, 0.1) is 0 Å². The van der Waals surface area contributed by atoms with Crippen molar-refractivity contribution in [2.24, 2.45) is 17.8 Å². The molecule has 0 aromatic carbocycles. The Morgan fingerprint density at radius 3 is 2.30 bits per heavy atom. The van der Waals surface area contributed by atoms with Crippen molar-refractivity contribution >= 4 is 43.1 Å². The molecule has 0 aromatic rings. The minimum absolute atomic E-state index is 0.